The summed E-state index contributed by atoms with van der Waals surface area (Å²) in [5, 5.41) is 0. The summed E-state index contributed by atoms with van der Waals surface area (Å²) in [5.74, 6) is -5.99. The lowest BCUT2D eigenvalue weighted by molar-refractivity contribution is -0.176. The minimum Gasteiger partial charge on any atom is -0.289 e. The van der Waals surface area contributed by atoms with Crippen LogP contribution < -0.4 is 0 Å². The minimum absolute atomic E-state index is 0.261. The van der Waals surface area contributed by atoms with E-state index < -0.39 is 24.3 Å². The molecule has 0 aliphatic rings. The normalized spacial score (nSPS) is 13.3. The molecule has 66 valence electrons. The Morgan fingerprint density at radius 3 is 1.64 bits per heavy atom. The molecule has 0 radical (unpaired) electrons. The molecule has 0 saturated carbocycles. The molecule has 0 saturated heterocycles. The molecule has 0 rings (SSSR count). The Labute approximate surface area is 59.2 Å². The zero-order valence-corrected chi connectivity index (χ0v) is 5.51. The van der Waals surface area contributed by atoms with Crippen molar-refractivity contribution in [1.82, 2.24) is 0 Å². The van der Waals surface area contributed by atoms with E-state index in [0.717, 1.165) is 0 Å². The molecule has 0 aliphatic heterocycles. The summed E-state index contributed by atoms with van der Waals surface area (Å²) in [6.07, 6.45) is -6.93. The van der Waals surface area contributed by atoms with E-state index >= 15 is 0 Å². The molecule has 6 heteroatoms. The standard InChI is InChI=1S/C5H5F5O/c1-4(6,7)2-3(11)5(8,9)10/h2H2,1H3. The van der Waals surface area contributed by atoms with E-state index in [-0.39, 0.29) is 6.92 Å². The van der Waals surface area contributed by atoms with E-state index in [1.165, 1.54) is 0 Å². The highest BCUT2D eigenvalue weighted by Gasteiger charge is 2.42. The average molecular weight is 176 g/mol. The number of Topliss-reactive ketones (excluding diaryl/α,β-unsaturated/α-hetero) is 1. The molecule has 11 heavy (non-hydrogen) atoms. The first-order valence-electron chi connectivity index (χ1n) is 2.61. The highest BCUT2D eigenvalue weighted by molar-refractivity contribution is 5.84. The fourth-order valence-electron chi connectivity index (χ4n) is 0.382. The van der Waals surface area contributed by atoms with Crippen LogP contribution in [0, 0.1) is 0 Å². The molecule has 0 aromatic rings. The van der Waals surface area contributed by atoms with Gasteiger partial charge in [-0.2, -0.15) is 13.2 Å². The van der Waals surface area contributed by atoms with Crippen LogP contribution in [0.1, 0.15) is 13.3 Å². The maximum absolute atomic E-state index is 11.8. The van der Waals surface area contributed by atoms with Crippen molar-refractivity contribution in [3.05, 3.63) is 0 Å². The topological polar surface area (TPSA) is 17.1 Å². The van der Waals surface area contributed by atoms with E-state index in [4.69, 9.17) is 0 Å². The van der Waals surface area contributed by atoms with Crippen LogP contribution >= 0.6 is 0 Å². The largest absolute Gasteiger partial charge is 0.450 e. The van der Waals surface area contributed by atoms with Crippen LogP contribution in [0.2, 0.25) is 0 Å². The van der Waals surface area contributed by atoms with Gasteiger partial charge in [-0.25, -0.2) is 8.78 Å². The van der Waals surface area contributed by atoms with Gasteiger partial charge < -0.3 is 0 Å². The van der Waals surface area contributed by atoms with Crippen LogP contribution in [0.3, 0.4) is 0 Å². The molecule has 0 fully saturated rings. The summed E-state index contributed by atoms with van der Waals surface area (Å²) in [4.78, 5) is 9.88. The average Bonchev–Trinajstić information content (AvgIpc) is 1.56. The lowest BCUT2D eigenvalue weighted by atomic mass is 10.2. The summed E-state index contributed by atoms with van der Waals surface area (Å²) < 4.78 is 57.5. The van der Waals surface area contributed by atoms with Crippen LogP contribution in [-0.4, -0.2) is 17.9 Å². The van der Waals surface area contributed by atoms with Gasteiger partial charge in [0.25, 0.3) is 5.92 Å². The highest BCUT2D eigenvalue weighted by atomic mass is 19.4. The smallest absolute Gasteiger partial charge is 0.289 e. The second-order valence-corrected chi connectivity index (χ2v) is 2.17. The third-order valence-electron chi connectivity index (χ3n) is 0.787. The van der Waals surface area contributed by atoms with Crippen molar-refractivity contribution in [2.45, 2.75) is 25.4 Å². The van der Waals surface area contributed by atoms with Crippen molar-refractivity contribution in [3.63, 3.8) is 0 Å². The zero-order chi connectivity index (χ0) is 9.28. The fraction of sp³-hybridized carbons (Fsp3) is 0.800. The monoisotopic (exact) mass is 176 g/mol. The predicted octanol–water partition coefficient (Wildman–Crippen LogP) is 2.16. The first-order valence-corrected chi connectivity index (χ1v) is 2.61. The minimum atomic E-state index is -5.15. The summed E-state index contributed by atoms with van der Waals surface area (Å²) >= 11 is 0. The Hall–Kier alpha value is -0.680. The Balaban J connectivity index is 4.11. The third-order valence-corrected chi connectivity index (χ3v) is 0.787. The second kappa shape index (κ2) is 2.75. The third kappa shape index (κ3) is 4.69. The van der Waals surface area contributed by atoms with Gasteiger partial charge in [-0.15, -0.1) is 0 Å². The number of carbonyl (C=O) groups is 1. The number of hydrogen-bond acceptors (Lipinski definition) is 1. The van der Waals surface area contributed by atoms with E-state index in [9.17, 15) is 26.7 Å². The first kappa shape index (κ1) is 10.3. The molecule has 0 aromatic carbocycles. The molecule has 0 atom stereocenters. The first-order chi connectivity index (χ1) is 4.63. The number of ketones is 1. The Bertz CT molecular complexity index is 153. The van der Waals surface area contributed by atoms with E-state index in [0.29, 0.717) is 0 Å². The van der Waals surface area contributed by atoms with E-state index in [1.54, 1.807) is 0 Å². The van der Waals surface area contributed by atoms with Crippen molar-refractivity contribution < 1.29 is 26.7 Å². The molecule has 0 unspecified atom stereocenters. The van der Waals surface area contributed by atoms with Crippen LogP contribution in [0.4, 0.5) is 22.0 Å². The molecular weight excluding hydrogens is 171 g/mol. The van der Waals surface area contributed by atoms with Crippen molar-refractivity contribution in [3.8, 4) is 0 Å². The van der Waals surface area contributed by atoms with Crippen LogP contribution in [0.15, 0.2) is 0 Å². The summed E-state index contributed by atoms with van der Waals surface area (Å²) in [7, 11) is 0. The van der Waals surface area contributed by atoms with Crippen molar-refractivity contribution >= 4 is 5.78 Å². The quantitative estimate of drug-likeness (QED) is 0.589. The van der Waals surface area contributed by atoms with Crippen molar-refractivity contribution in [2.75, 3.05) is 0 Å². The van der Waals surface area contributed by atoms with Crippen LogP contribution in [-0.2, 0) is 4.79 Å². The number of hydrogen-bond donors (Lipinski definition) is 0. The maximum atomic E-state index is 11.8. The summed E-state index contributed by atoms with van der Waals surface area (Å²) in [6.45, 7) is 0.261. The summed E-state index contributed by atoms with van der Waals surface area (Å²) in [6, 6.07) is 0. The number of halogens is 5. The fourth-order valence-corrected chi connectivity index (χ4v) is 0.382. The molecular formula is C5H5F5O. The van der Waals surface area contributed by atoms with Gasteiger partial charge in [-0.1, -0.05) is 0 Å². The van der Waals surface area contributed by atoms with Gasteiger partial charge in [0, 0.05) is 0 Å². The lowest BCUT2D eigenvalue weighted by Gasteiger charge is -2.10. The highest BCUT2D eigenvalue weighted by Crippen LogP contribution is 2.25. The molecule has 0 aromatic heterocycles. The molecule has 0 N–H and O–H groups in total. The van der Waals surface area contributed by atoms with Gasteiger partial charge in [0.1, 0.15) is 0 Å². The van der Waals surface area contributed by atoms with Gasteiger partial charge >= 0.3 is 6.18 Å². The molecule has 0 aliphatic carbocycles. The Kier molecular flexibility index (Phi) is 2.58. The molecule has 0 spiro atoms. The Morgan fingerprint density at radius 2 is 1.55 bits per heavy atom. The predicted molar refractivity (Wildman–Crippen MR) is 26.3 cm³/mol. The van der Waals surface area contributed by atoms with E-state index in [1.807, 2.05) is 0 Å². The van der Waals surface area contributed by atoms with Gasteiger partial charge in [0.2, 0.25) is 5.78 Å². The van der Waals surface area contributed by atoms with Crippen molar-refractivity contribution in [2.24, 2.45) is 0 Å². The van der Waals surface area contributed by atoms with E-state index in [2.05, 4.69) is 0 Å². The van der Waals surface area contributed by atoms with Gasteiger partial charge in [-0.3, -0.25) is 4.79 Å². The number of alkyl halides is 5. The Morgan fingerprint density at radius 1 is 1.18 bits per heavy atom. The molecule has 1 nitrogen and oxygen atoms in total. The maximum Gasteiger partial charge on any atom is 0.450 e. The van der Waals surface area contributed by atoms with Gasteiger partial charge in [0.15, 0.2) is 0 Å². The molecule has 0 bridgehead atoms. The number of carbonyl (C=O) groups excluding carboxylic acids is 1. The summed E-state index contributed by atoms with van der Waals surface area (Å²) in [5.41, 5.74) is 0. The SMILES string of the molecule is CC(F)(F)CC(=O)C(F)(F)F. The van der Waals surface area contributed by atoms with Gasteiger partial charge in [-0.05, 0) is 6.92 Å². The van der Waals surface area contributed by atoms with Gasteiger partial charge in [0.05, 0.1) is 6.42 Å². The zero-order valence-electron chi connectivity index (χ0n) is 5.51. The van der Waals surface area contributed by atoms with Crippen LogP contribution in [0.5, 0.6) is 0 Å². The molecule has 0 amide bonds. The van der Waals surface area contributed by atoms with Crippen molar-refractivity contribution in [1.29, 1.82) is 0 Å². The lowest BCUT2D eigenvalue weighted by Crippen LogP contribution is -2.28. The number of rotatable bonds is 2. The molecule has 0 heterocycles. The second-order valence-electron chi connectivity index (χ2n) is 2.17. The van der Waals surface area contributed by atoms with Crippen LogP contribution in [0.25, 0.3) is 0 Å².